The summed E-state index contributed by atoms with van der Waals surface area (Å²) in [5, 5.41) is 10.4. The first-order valence-corrected chi connectivity index (χ1v) is 13.4. The smallest absolute Gasteiger partial charge is 0.416 e. The van der Waals surface area contributed by atoms with Crippen molar-refractivity contribution >= 4 is 5.91 Å². The van der Waals surface area contributed by atoms with Crippen LogP contribution in [0.4, 0.5) is 13.2 Å². The summed E-state index contributed by atoms with van der Waals surface area (Å²) < 4.78 is 41.7. The number of carbonyl (C=O) groups excluding carboxylic acids is 1. The highest BCUT2D eigenvalue weighted by Crippen LogP contribution is 2.36. The molecule has 0 saturated carbocycles. The Balaban J connectivity index is 0.000000425. The van der Waals surface area contributed by atoms with Crippen molar-refractivity contribution in [3.63, 3.8) is 0 Å². The van der Waals surface area contributed by atoms with Gasteiger partial charge in [-0.1, -0.05) is 55.1 Å². The Labute approximate surface area is 236 Å². The van der Waals surface area contributed by atoms with E-state index in [-0.39, 0.29) is 12.5 Å². The van der Waals surface area contributed by atoms with Crippen LogP contribution in [0.5, 0.6) is 0 Å². The molecular formula is C32H41F3N2O3. The van der Waals surface area contributed by atoms with E-state index in [1.165, 1.54) is 18.9 Å². The zero-order chi connectivity index (χ0) is 30.0. The predicted molar refractivity (Wildman–Crippen MR) is 154 cm³/mol. The predicted octanol–water partition coefficient (Wildman–Crippen LogP) is 7.08. The minimum atomic E-state index is -4.22. The van der Waals surface area contributed by atoms with Crippen LogP contribution >= 0.6 is 0 Å². The molecule has 1 amide bonds. The normalized spacial score (nSPS) is 21.6. The average Bonchev–Trinajstić information content (AvgIpc) is 3.43. The second-order valence-corrected chi connectivity index (χ2v) is 9.78. The number of hydrogen-bond donors (Lipinski definition) is 1. The number of hydrogen-bond acceptors (Lipinski definition) is 4. The van der Waals surface area contributed by atoms with Crippen LogP contribution in [0.1, 0.15) is 51.7 Å². The number of ether oxygens (including phenoxy) is 1. The highest BCUT2D eigenvalue weighted by Gasteiger charge is 2.35. The fourth-order valence-corrected chi connectivity index (χ4v) is 4.68. The molecule has 5 nitrogen and oxygen atoms in total. The first kappa shape index (κ1) is 32.8. The second kappa shape index (κ2) is 14.9. The number of amides is 1. The highest BCUT2D eigenvalue weighted by atomic mass is 19.4. The molecule has 40 heavy (non-hydrogen) atoms. The quantitative estimate of drug-likeness (QED) is 0.210. The van der Waals surface area contributed by atoms with E-state index in [1.54, 1.807) is 30.0 Å². The van der Waals surface area contributed by atoms with E-state index in [0.29, 0.717) is 35.2 Å². The molecule has 0 radical (unpaired) electrons. The molecule has 3 rings (SSSR count). The topological polar surface area (TPSA) is 53.0 Å². The summed E-state index contributed by atoms with van der Waals surface area (Å²) >= 11 is 0. The van der Waals surface area contributed by atoms with Gasteiger partial charge in [0.1, 0.15) is 18.5 Å². The molecule has 2 fully saturated rings. The van der Waals surface area contributed by atoms with Crippen LogP contribution < -0.4 is 0 Å². The maximum atomic E-state index is 12.8. The number of β-amino-alcohol motifs (C(OH)–C–C–N with tert-alkyl or cyclic N) is 1. The van der Waals surface area contributed by atoms with Gasteiger partial charge in [-0.2, -0.15) is 13.2 Å². The summed E-state index contributed by atoms with van der Waals surface area (Å²) in [4.78, 5) is 16.7. The lowest BCUT2D eigenvalue weighted by molar-refractivity contribution is -0.137. The van der Waals surface area contributed by atoms with Crippen molar-refractivity contribution in [2.75, 3.05) is 19.7 Å². The molecule has 1 aromatic rings. The summed E-state index contributed by atoms with van der Waals surface area (Å²) in [5.74, 6) is 0.358. The number of carbonyl (C=O) groups is 1. The van der Waals surface area contributed by atoms with Crippen molar-refractivity contribution in [2.45, 2.75) is 65.8 Å². The molecule has 0 spiro atoms. The van der Waals surface area contributed by atoms with Gasteiger partial charge in [-0.05, 0) is 66.1 Å². The summed E-state index contributed by atoms with van der Waals surface area (Å²) in [6.45, 7) is 19.0. The Morgan fingerprint density at radius 3 is 2.42 bits per heavy atom. The zero-order valence-corrected chi connectivity index (χ0v) is 24.1. The second-order valence-electron chi connectivity index (χ2n) is 9.78. The van der Waals surface area contributed by atoms with Gasteiger partial charge in [-0.15, -0.1) is 0 Å². The summed E-state index contributed by atoms with van der Waals surface area (Å²) in [6, 6.07) is 5.73. The van der Waals surface area contributed by atoms with Gasteiger partial charge in [-0.3, -0.25) is 14.6 Å². The Morgan fingerprint density at radius 2 is 1.95 bits per heavy atom. The standard InChI is InChI=1S/C24H34N2O3.C8H7F3/c1-7-19(26-23(10-4)22(9-3)18(6)24(26)28)14-21(8-2)29-16-20(27)15-25-13-11-12-17(25)5;1-6-3-2-4-7(5-6)8(9,10)11/h7-10,14,17,20,27H,2,6,11-13,15-16H2,1,3-5H3;2-5H,1H3/b19-7+,21-14+,22-9-,23-10+;. The molecule has 0 aromatic heterocycles. The molecule has 2 saturated heterocycles. The Morgan fingerprint density at radius 1 is 1.25 bits per heavy atom. The van der Waals surface area contributed by atoms with Crippen molar-refractivity contribution in [1.82, 2.24) is 9.80 Å². The van der Waals surface area contributed by atoms with Crippen LogP contribution in [0.3, 0.4) is 0 Å². The molecule has 0 aliphatic carbocycles. The lowest BCUT2D eigenvalue weighted by Crippen LogP contribution is -2.36. The Kier molecular flexibility index (Phi) is 12.2. The number of halogens is 3. The number of nitrogens with zero attached hydrogens (tertiary/aromatic N) is 2. The zero-order valence-electron chi connectivity index (χ0n) is 24.1. The van der Waals surface area contributed by atoms with E-state index >= 15 is 0 Å². The van der Waals surface area contributed by atoms with E-state index in [0.717, 1.165) is 29.9 Å². The van der Waals surface area contributed by atoms with Crippen LogP contribution in [-0.2, 0) is 15.7 Å². The maximum Gasteiger partial charge on any atom is 0.416 e. The van der Waals surface area contributed by atoms with Crippen molar-refractivity contribution in [2.24, 2.45) is 0 Å². The van der Waals surface area contributed by atoms with Crippen LogP contribution in [0.2, 0.25) is 0 Å². The molecule has 1 N–H and O–H groups in total. The molecule has 2 aliphatic heterocycles. The molecule has 2 heterocycles. The van der Waals surface area contributed by atoms with Crippen LogP contribution in [0.25, 0.3) is 0 Å². The molecule has 218 valence electrons. The van der Waals surface area contributed by atoms with Crippen molar-refractivity contribution in [1.29, 1.82) is 0 Å². The third-order valence-corrected chi connectivity index (χ3v) is 6.83. The number of rotatable bonds is 8. The fraction of sp³-hybridized carbons (Fsp3) is 0.406. The van der Waals surface area contributed by atoms with Gasteiger partial charge in [-0.25, -0.2) is 0 Å². The van der Waals surface area contributed by atoms with Crippen molar-refractivity contribution in [3.05, 3.63) is 107 Å². The molecule has 2 atom stereocenters. The molecular weight excluding hydrogens is 517 g/mol. The van der Waals surface area contributed by atoms with Crippen molar-refractivity contribution < 1.29 is 27.8 Å². The fourth-order valence-electron chi connectivity index (χ4n) is 4.68. The molecule has 8 heteroatoms. The summed E-state index contributed by atoms with van der Waals surface area (Å²) in [7, 11) is 0. The number of aliphatic hydroxyl groups excluding tert-OH is 1. The number of alkyl halides is 3. The van der Waals surface area contributed by atoms with Crippen molar-refractivity contribution in [3.8, 4) is 0 Å². The van der Waals surface area contributed by atoms with E-state index in [1.807, 2.05) is 39.0 Å². The van der Waals surface area contributed by atoms with Gasteiger partial charge in [0.2, 0.25) is 0 Å². The maximum absolute atomic E-state index is 12.8. The Hall–Kier alpha value is -3.36. The first-order valence-electron chi connectivity index (χ1n) is 13.4. The van der Waals surface area contributed by atoms with E-state index in [9.17, 15) is 23.1 Å². The monoisotopic (exact) mass is 558 g/mol. The van der Waals surface area contributed by atoms with Crippen LogP contribution in [0.15, 0.2) is 96.1 Å². The van der Waals surface area contributed by atoms with Crippen LogP contribution in [-0.4, -0.2) is 52.7 Å². The van der Waals surface area contributed by atoms with Gasteiger partial charge in [0, 0.05) is 35.5 Å². The van der Waals surface area contributed by atoms with Gasteiger partial charge < -0.3 is 9.84 Å². The van der Waals surface area contributed by atoms with E-state index < -0.39 is 17.8 Å². The highest BCUT2D eigenvalue weighted by molar-refractivity contribution is 6.05. The number of aryl methyl sites for hydroxylation is 1. The lowest BCUT2D eigenvalue weighted by Gasteiger charge is -2.24. The van der Waals surface area contributed by atoms with E-state index in [4.69, 9.17) is 4.74 Å². The molecule has 2 aliphatic rings. The number of aliphatic hydroxyl groups is 1. The van der Waals surface area contributed by atoms with Gasteiger partial charge >= 0.3 is 6.18 Å². The minimum absolute atomic E-state index is 0.151. The van der Waals surface area contributed by atoms with Gasteiger partial charge in [0.05, 0.1) is 11.3 Å². The van der Waals surface area contributed by atoms with E-state index in [2.05, 4.69) is 25.0 Å². The molecule has 2 unspecified atom stereocenters. The minimum Gasteiger partial charge on any atom is -0.491 e. The number of likely N-dealkylation sites (tertiary alicyclic amines) is 2. The first-order chi connectivity index (χ1) is 18.9. The third kappa shape index (κ3) is 8.57. The lowest BCUT2D eigenvalue weighted by atomic mass is 10.1. The van der Waals surface area contributed by atoms with Gasteiger partial charge in [0.25, 0.3) is 5.91 Å². The number of benzene rings is 1. The number of allylic oxidation sites excluding steroid dienone is 6. The SMILES string of the molecule is C=C/C(=C\C(=C/C)N1C(=O)C(=C)C(=C/C)/C1=C\C)OCC(O)CN1CCCC1C.Cc1cccc(C(F)(F)F)c1. The largest absolute Gasteiger partial charge is 0.491 e. The third-order valence-electron chi connectivity index (χ3n) is 6.83. The Bertz CT molecular complexity index is 1190. The van der Waals surface area contributed by atoms with Crippen LogP contribution in [0, 0.1) is 6.92 Å². The average molecular weight is 559 g/mol. The molecule has 1 aromatic carbocycles. The molecule has 0 bridgehead atoms. The summed E-state index contributed by atoms with van der Waals surface area (Å²) in [5.41, 5.74) is 2.83. The summed E-state index contributed by atoms with van der Waals surface area (Å²) in [6.07, 6.45) is 6.56. The van der Waals surface area contributed by atoms with Gasteiger partial charge in [0.15, 0.2) is 0 Å².